The van der Waals surface area contributed by atoms with Crippen molar-refractivity contribution < 1.29 is 4.74 Å². The molecule has 0 aromatic carbocycles. The van der Waals surface area contributed by atoms with E-state index >= 15 is 0 Å². The molecule has 1 aliphatic rings. The first-order chi connectivity index (χ1) is 15.0. The van der Waals surface area contributed by atoms with Gasteiger partial charge in [0.2, 0.25) is 11.9 Å². The van der Waals surface area contributed by atoms with E-state index in [9.17, 15) is 0 Å². The molecule has 31 heavy (non-hydrogen) atoms. The summed E-state index contributed by atoms with van der Waals surface area (Å²) in [6.45, 7) is 8.01. The van der Waals surface area contributed by atoms with Crippen molar-refractivity contribution in [2.45, 2.75) is 45.5 Å². The molecule has 1 unspecified atom stereocenters. The summed E-state index contributed by atoms with van der Waals surface area (Å²) in [6.07, 6.45) is 4.08. The van der Waals surface area contributed by atoms with E-state index in [-0.39, 0.29) is 6.10 Å². The van der Waals surface area contributed by atoms with Crippen LogP contribution in [0.15, 0.2) is 17.4 Å². The maximum atomic E-state index is 5.64. The lowest BCUT2D eigenvalue weighted by Crippen LogP contribution is -2.45. The summed E-state index contributed by atoms with van der Waals surface area (Å²) in [4.78, 5) is 20.9. The van der Waals surface area contributed by atoms with Crippen LogP contribution in [0.2, 0.25) is 0 Å². The molecule has 1 saturated heterocycles. The van der Waals surface area contributed by atoms with E-state index < -0.39 is 0 Å². The molecule has 0 aliphatic carbocycles. The van der Waals surface area contributed by atoms with Crippen LogP contribution in [-0.4, -0.2) is 62.6 Å². The van der Waals surface area contributed by atoms with Crippen molar-refractivity contribution in [3.05, 3.63) is 35.2 Å². The van der Waals surface area contributed by atoms with Crippen molar-refractivity contribution >= 4 is 41.0 Å². The Morgan fingerprint density at radius 2 is 2.13 bits per heavy atom. The lowest BCUT2D eigenvalue weighted by Gasteiger charge is -2.16. The van der Waals surface area contributed by atoms with Crippen LogP contribution in [0, 0.1) is 20.8 Å². The van der Waals surface area contributed by atoms with E-state index in [4.69, 9.17) is 17.0 Å². The Hall–Kier alpha value is -2.24. The van der Waals surface area contributed by atoms with Crippen LogP contribution in [0.4, 0.5) is 5.95 Å². The Morgan fingerprint density at radius 3 is 2.81 bits per heavy atom. The average molecular weight is 463 g/mol. The van der Waals surface area contributed by atoms with Crippen LogP contribution in [0.1, 0.15) is 35.6 Å². The minimum absolute atomic E-state index is 0.206. The first-order valence-corrected chi connectivity index (χ1v) is 11.9. The van der Waals surface area contributed by atoms with Crippen LogP contribution in [-0.2, 0) is 10.5 Å². The third kappa shape index (κ3) is 8.08. The lowest BCUT2D eigenvalue weighted by atomic mass is 10.2. The molecule has 3 rings (SSSR count). The molecule has 0 amide bonds. The van der Waals surface area contributed by atoms with Crippen molar-refractivity contribution in [1.82, 2.24) is 30.6 Å². The van der Waals surface area contributed by atoms with Crippen molar-refractivity contribution in [2.24, 2.45) is 4.99 Å². The summed E-state index contributed by atoms with van der Waals surface area (Å²) in [5.74, 6) is 2.71. The van der Waals surface area contributed by atoms with Gasteiger partial charge in [-0.2, -0.15) is 11.8 Å². The molecule has 0 bridgehead atoms. The number of thiocarbonyl (C=S) groups is 1. The zero-order valence-corrected chi connectivity index (χ0v) is 19.8. The van der Waals surface area contributed by atoms with Gasteiger partial charge in [0.05, 0.1) is 24.7 Å². The summed E-state index contributed by atoms with van der Waals surface area (Å²) in [6, 6.07) is 1.93. The molecule has 0 saturated carbocycles. The van der Waals surface area contributed by atoms with Gasteiger partial charge in [-0.25, -0.2) is 15.0 Å². The summed E-state index contributed by atoms with van der Waals surface area (Å²) >= 11 is 7.23. The Balaban J connectivity index is 1.54. The maximum absolute atomic E-state index is 5.64. The first kappa shape index (κ1) is 23.4. The van der Waals surface area contributed by atoms with E-state index in [0.717, 1.165) is 53.7 Å². The molecule has 1 fully saturated rings. The Kier molecular flexibility index (Phi) is 9.04. The summed E-state index contributed by atoms with van der Waals surface area (Å²) in [5, 5.41) is 10.0. The van der Waals surface area contributed by atoms with Gasteiger partial charge in [0.25, 0.3) is 0 Å². The van der Waals surface area contributed by atoms with Crippen molar-refractivity contribution in [3.63, 3.8) is 0 Å². The van der Waals surface area contributed by atoms with E-state index in [1.807, 2.05) is 26.8 Å². The van der Waals surface area contributed by atoms with Crippen molar-refractivity contribution in [1.29, 1.82) is 0 Å². The van der Waals surface area contributed by atoms with Gasteiger partial charge >= 0.3 is 0 Å². The molecule has 4 N–H and O–H groups in total. The van der Waals surface area contributed by atoms with Crippen LogP contribution in [0.25, 0.3) is 0 Å². The standard InChI is InChI=1S/C20H30N8OS2/c1-13-9-14(2)26-19(25-13)27-18(28-20(30)22-10-16-5-4-7-29-16)21-6-8-31-11-17-15(3)23-12-24-17/h9,12,16H,4-8,10-11H2,1-3H3,(H,23,24)(H3,21,22,25,26,27,28,30). The van der Waals surface area contributed by atoms with Gasteiger partial charge in [-0.15, -0.1) is 0 Å². The van der Waals surface area contributed by atoms with Crippen LogP contribution < -0.4 is 16.0 Å². The molecule has 2 aromatic rings. The number of hydrogen-bond acceptors (Lipinski definition) is 7. The number of aliphatic imine (C=N–C) groups is 1. The van der Waals surface area contributed by atoms with Gasteiger partial charge < -0.3 is 20.4 Å². The summed E-state index contributed by atoms with van der Waals surface area (Å²) in [5.41, 5.74) is 3.96. The third-order valence-electron chi connectivity index (χ3n) is 4.64. The number of rotatable bonds is 8. The number of thioether (sulfide) groups is 1. The monoisotopic (exact) mass is 462 g/mol. The number of H-pyrrole nitrogens is 1. The van der Waals surface area contributed by atoms with Crippen LogP contribution in [0.3, 0.4) is 0 Å². The zero-order valence-electron chi connectivity index (χ0n) is 18.2. The number of anilines is 1. The highest BCUT2D eigenvalue weighted by atomic mass is 32.2. The number of aryl methyl sites for hydroxylation is 3. The number of aromatic amines is 1. The van der Waals surface area contributed by atoms with Gasteiger partial charge in [0.15, 0.2) is 5.11 Å². The fraction of sp³-hybridized carbons (Fsp3) is 0.550. The van der Waals surface area contributed by atoms with Gasteiger partial charge in [0, 0.05) is 41.7 Å². The van der Waals surface area contributed by atoms with E-state index in [1.54, 1.807) is 18.1 Å². The molecule has 1 aliphatic heterocycles. The Morgan fingerprint density at radius 1 is 1.32 bits per heavy atom. The predicted octanol–water partition coefficient (Wildman–Crippen LogP) is 2.47. The van der Waals surface area contributed by atoms with Gasteiger partial charge in [-0.05, 0) is 51.9 Å². The molecule has 2 aromatic heterocycles. The molecule has 1 atom stereocenters. The Bertz CT molecular complexity index is 875. The van der Waals surface area contributed by atoms with E-state index in [1.165, 1.54) is 0 Å². The number of ether oxygens (including phenoxy) is 1. The quantitative estimate of drug-likeness (QED) is 0.203. The fourth-order valence-electron chi connectivity index (χ4n) is 3.09. The molecule has 0 radical (unpaired) electrons. The second-order valence-electron chi connectivity index (χ2n) is 7.33. The predicted molar refractivity (Wildman–Crippen MR) is 130 cm³/mol. The fourth-order valence-corrected chi connectivity index (χ4v) is 4.11. The number of nitrogens with zero attached hydrogens (tertiary/aromatic N) is 4. The maximum Gasteiger partial charge on any atom is 0.229 e. The average Bonchev–Trinajstić information content (AvgIpc) is 3.37. The minimum atomic E-state index is 0.206. The molecular weight excluding hydrogens is 432 g/mol. The molecule has 0 spiro atoms. The first-order valence-electron chi connectivity index (χ1n) is 10.4. The van der Waals surface area contributed by atoms with Crippen LogP contribution >= 0.6 is 24.0 Å². The molecular formula is C20H30N8OS2. The van der Waals surface area contributed by atoms with Gasteiger partial charge in [-0.3, -0.25) is 10.3 Å². The number of nitrogens with one attached hydrogen (secondary N) is 4. The van der Waals surface area contributed by atoms with Gasteiger partial charge in [0.1, 0.15) is 0 Å². The highest BCUT2D eigenvalue weighted by molar-refractivity contribution is 7.98. The van der Waals surface area contributed by atoms with E-state index in [2.05, 4.69) is 40.9 Å². The SMILES string of the molecule is Cc1cc(C)nc(NC(=NCCSCc2nc[nH]c2C)NC(=S)NCC2CCCO2)n1. The number of aromatic nitrogens is 4. The molecule has 9 nitrogen and oxygen atoms in total. The smallest absolute Gasteiger partial charge is 0.229 e. The molecule has 168 valence electrons. The largest absolute Gasteiger partial charge is 0.376 e. The van der Waals surface area contributed by atoms with Gasteiger partial charge in [-0.1, -0.05) is 0 Å². The molecule has 3 heterocycles. The number of hydrogen-bond donors (Lipinski definition) is 4. The second kappa shape index (κ2) is 12.0. The molecule has 11 heteroatoms. The number of guanidine groups is 1. The topological polar surface area (TPSA) is 112 Å². The van der Waals surface area contributed by atoms with Crippen molar-refractivity contribution in [2.75, 3.05) is 30.8 Å². The second-order valence-corrected chi connectivity index (χ2v) is 8.84. The minimum Gasteiger partial charge on any atom is -0.376 e. The normalized spacial score (nSPS) is 16.4. The summed E-state index contributed by atoms with van der Waals surface area (Å²) in [7, 11) is 0. The van der Waals surface area contributed by atoms with E-state index in [0.29, 0.717) is 30.1 Å². The van der Waals surface area contributed by atoms with Crippen molar-refractivity contribution in [3.8, 4) is 0 Å². The van der Waals surface area contributed by atoms with Crippen LogP contribution in [0.5, 0.6) is 0 Å². The number of imidazole rings is 1. The summed E-state index contributed by atoms with van der Waals surface area (Å²) < 4.78 is 5.64. The zero-order chi connectivity index (χ0) is 22.1. The Labute approximate surface area is 192 Å². The third-order valence-corrected chi connectivity index (χ3v) is 5.83. The lowest BCUT2D eigenvalue weighted by molar-refractivity contribution is 0.114. The highest BCUT2D eigenvalue weighted by Crippen LogP contribution is 2.12. The highest BCUT2D eigenvalue weighted by Gasteiger charge is 2.15.